The maximum atomic E-state index is 12.2. The number of amides is 1. The average molecular weight is 417 g/mol. The minimum Gasteiger partial charge on any atom is -0.490 e. The zero-order valence-electron chi connectivity index (χ0n) is 17.1. The SMILES string of the molecule is CC(C)(C)NC(=O)CNC(=NCc1ccsc1)Nc1ccc2c(c1)OCCCO2. The van der Waals surface area contributed by atoms with Crippen LogP contribution in [0.2, 0.25) is 0 Å². The minimum absolute atomic E-state index is 0.0961. The molecule has 1 aliphatic heterocycles. The Balaban J connectivity index is 1.69. The number of thiophene rings is 1. The van der Waals surface area contributed by atoms with Gasteiger partial charge in [-0.1, -0.05) is 0 Å². The van der Waals surface area contributed by atoms with Gasteiger partial charge >= 0.3 is 0 Å². The lowest BCUT2D eigenvalue weighted by molar-refractivity contribution is -0.121. The van der Waals surface area contributed by atoms with E-state index in [9.17, 15) is 4.79 Å². The third kappa shape index (κ3) is 6.98. The molecule has 0 bridgehead atoms. The van der Waals surface area contributed by atoms with Crippen LogP contribution in [0.4, 0.5) is 5.69 Å². The van der Waals surface area contributed by atoms with Gasteiger partial charge in [-0.15, -0.1) is 0 Å². The summed E-state index contributed by atoms with van der Waals surface area (Å²) in [7, 11) is 0. The second-order valence-electron chi connectivity index (χ2n) is 7.79. The highest BCUT2D eigenvalue weighted by Gasteiger charge is 2.15. The first-order valence-corrected chi connectivity index (χ1v) is 10.6. The summed E-state index contributed by atoms with van der Waals surface area (Å²) in [5.74, 6) is 1.87. The lowest BCUT2D eigenvalue weighted by Gasteiger charge is -2.21. The van der Waals surface area contributed by atoms with E-state index in [0.29, 0.717) is 31.5 Å². The topological polar surface area (TPSA) is 84.0 Å². The lowest BCUT2D eigenvalue weighted by Crippen LogP contribution is -2.46. The van der Waals surface area contributed by atoms with Gasteiger partial charge < -0.3 is 25.4 Å². The number of carbonyl (C=O) groups is 1. The summed E-state index contributed by atoms with van der Waals surface area (Å²) in [4.78, 5) is 16.8. The second kappa shape index (κ2) is 9.65. The van der Waals surface area contributed by atoms with E-state index in [4.69, 9.17) is 9.47 Å². The molecule has 7 nitrogen and oxygen atoms in total. The second-order valence-corrected chi connectivity index (χ2v) is 8.57. The number of nitrogens with one attached hydrogen (secondary N) is 3. The first kappa shape index (κ1) is 21.0. The number of carbonyl (C=O) groups excluding carboxylic acids is 1. The third-order valence-electron chi connectivity index (χ3n) is 3.94. The monoisotopic (exact) mass is 416 g/mol. The zero-order chi connectivity index (χ0) is 20.7. The Hall–Kier alpha value is -2.74. The van der Waals surface area contributed by atoms with Gasteiger partial charge in [-0.3, -0.25) is 4.79 Å². The lowest BCUT2D eigenvalue weighted by atomic mass is 10.1. The van der Waals surface area contributed by atoms with E-state index in [1.807, 2.05) is 50.4 Å². The van der Waals surface area contributed by atoms with Gasteiger partial charge in [-0.25, -0.2) is 4.99 Å². The number of guanidine groups is 1. The number of aliphatic imine (C=N–C) groups is 1. The summed E-state index contributed by atoms with van der Waals surface area (Å²) in [6.45, 7) is 7.77. The molecule has 1 aromatic carbocycles. The average Bonchev–Trinajstić information content (AvgIpc) is 3.06. The van der Waals surface area contributed by atoms with E-state index >= 15 is 0 Å². The van der Waals surface area contributed by atoms with Crippen molar-refractivity contribution < 1.29 is 14.3 Å². The van der Waals surface area contributed by atoms with Gasteiger partial charge in [0.1, 0.15) is 0 Å². The highest BCUT2D eigenvalue weighted by atomic mass is 32.1. The van der Waals surface area contributed by atoms with Gasteiger partial charge in [0.25, 0.3) is 0 Å². The fourth-order valence-electron chi connectivity index (χ4n) is 2.70. The van der Waals surface area contributed by atoms with Crippen molar-refractivity contribution in [1.82, 2.24) is 10.6 Å². The van der Waals surface area contributed by atoms with Crippen molar-refractivity contribution in [2.45, 2.75) is 39.3 Å². The van der Waals surface area contributed by atoms with Crippen molar-refractivity contribution in [2.24, 2.45) is 4.99 Å². The molecule has 3 rings (SSSR count). The van der Waals surface area contributed by atoms with Crippen LogP contribution in [0.15, 0.2) is 40.0 Å². The Labute approximate surface area is 175 Å². The van der Waals surface area contributed by atoms with Gasteiger partial charge in [0.2, 0.25) is 5.91 Å². The Morgan fingerprint density at radius 1 is 1.17 bits per heavy atom. The predicted molar refractivity (Wildman–Crippen MR) is 117 cm³/mol. The molecule has 2 heterocycles. The summed E-state index contributed by atoms with van der Waals surface area (Å²) in [5.41, 5.74) is 1.64. The van der Waals surface area contributed by atoms with E-state index in [-0.39, 0.29) is 18.0 Å². The molecule has 0 unspecified atom stereocenters. The van der Waals surface area contributed by atoms with Crippen molar-refractivity contribution in [3.8, 4) is 11.5 Å². The molecule has 0 saturated heterocycles. The van der Waals surface area contributed by atoms with Crippen LogP contribution in [-0.2, 0) is 11.3 Å². The number of hydrogen-bond acceptors (Lipinski definition) is 5. The zero-order valence-corrected chi connectivity index (χ0v) is 17.9. The molecule has 0 spiro atoms. The fourth-order valence-corrected chi connectivity index (χ4v) is 3.36. The van der Waals surface area contributed by atoms with Crippen LogP contribution in [0, 0.1) is 0 Å². The van der Waals surface area contributed by atoms with Crippen LogP contribution < -0.4 is 25.4 Å². The molecule has 1 aliphatic rings. The maximum Gasteiger partial charge on any atom is 0.239 e. The van der Waals surface area contributed by atoms with Crippen LogP contribution in [0.3, 0.4) is 0 Å². The predicted octanol–water partition coefficient (Wildman–Crippen LogP) is 3.38. The van der Waals surface area contributed by atoms with Crippen molar-refractivity contribution in [3.05, 3.63) is 40.6 Å². The molecule has 0 aliphatic carbocycles. The largest absolute Gasteiger partial charge is 0.490 e. The number of benzene rings is 1. The highest BCUT2D eigenvalue weighted by molar-refractivity contribution is 7.07. The normalized spacial score (nSPS) is 14.1. The van der Waals surface area contributed by atoms with E-state index in [0.717, 1.165) is 23.4 Å². The highest BCUT2D eigenvalue weighted by Crippen LogP contribution is 2.32. The molecular weight excluding hydrogens is 388 g/mol. The van der Waals surface area contributed by atoms with E-state index in [2.05, 4.69) is 26.3 Å². The van der Waals surface area contributed by atoms with Crippen LogP contribution in [-0.4, -0.2) is 37.2 Å². The summed E-state index contributed by atoms with van der Waals surface area (Å²) in [6.07, 6.45) is 0.856. The summed E-state index contributed by atoms with van der Waals surface area (Å²) in [5, 5.41) is 13.4. The Morgan fingerprint density at radius 3 is 2.69 bits per heavy atom. The van der Waals surface area contributed by atoms with Crippen LogP contribution in [0.5, 0.6) is 11.5 Å². The Morgan fingerprint density at radius 2 is 1.97 bits per heavy atom. The number of ether oxygens (including phenoxy) is 2. The van der Waals surface area contributed by atoms with Crippen molar-refractivity contribution >= 4 is 28.9 Å². The molecule has 2 aromatic rings. The number of nitrogens with zero attached hydrogens (tertiary/aromatic N) is 1. The number of fused-ring (bicyclic) bond motifs is 1. The van der Waals surface area contributed by atoms with Crippen LogP contribution in [0.25, 0.3) is 0 Å². The van der Waals surface area contributed by atoms with Gasteiger partial charge in [0.05, 0.1) is 26.3 Å². The van der Waals surface area contributed by atoms with Crippen LogP contribution >= 0.6 is 11.3 Å². The summed E-state index contributed by atoms with van der Waals surface area (Å²) < 4.78 is 11.4. The molecule has 1 amide bonds. The van der Waals surface area contributed by atoms with Gasteiger partial charge in [0, 0.05) is 23.7 Å². The van der Waals surface area contributed by atoms with E-state index < -0.39 is 0 Å². The molecule has 0 atom stereocenters. The van der Waals surface area contributed by atoms with E-state index in [1.165, 1.54) is 0 Å². The quantitative estimate of drug-likeness (QED) is 0.514. The molecular formula is C21H28N4O3S. The Bertz CT molecular complexity index is 844. The number of rotatable bonds is 5. The number of anilines is 1. The first-order chi connectivity index (χ1) is 13.9. The third-order valence-corrected chi connectivity index (χ3v) is 4.67. The fraction of sp³-hybridized carbons (Fsp3) is 0.429. The number of hydrogen-bond donors (Lipinski definition) is 3. The summed E-state index contributed by atoms with van der Waals surface area (Å²) in [6, 6.07) is 7.71. The molecule has 29 heavy (non-hydrogen) atoms. The molecule has 0 radical (unpaired) electrons. The molecule has 1 aromatic heterocycles. The van der Waals surface area contributed by atoms with E-state index in [1.54, 1.807) is 11.3 Å². The Kier molecular flexibility index (Phi) is 6.98. The van der Waals surface area contributed by atoms with Gasteiger partial charge in [0.15, 0.2) is 17.5 Å². The van der Waals surface area contributed by atoms with Gasteiger partial charge in [-0.05, 0) is 55.3 Å². The molecule has 156 valence electrons. The maximum absolute atomic E-state index is 12.2. The molecule has 3 N–H and O–H groups in total. The minimum atomic E-state index is -0.283. The van der Waals surface area contributed by atoms with Crippen molar-refractivity contribution in [1.29, 1.82) is 0 Å². The van der Waals surface area contributed by atoms with Gasteiger partial charge in [-0.2, -0.15) is 11.3 Å². The molecule has 8 heteroatoms. The van der Waals surface area contributed by atoms with Crippen LogP contribution in [0.1, 0.15) is 32.8 Å². The van der Waals surface area contributed by atoms with Crippen molar-refractivity contribution in [2.75, 3.05) is 25.1 Å². The smallest absolute Gasteiger partial charge is 0.239 e. The molecule has 0 fully saturated rings. The summed E-state index contributed by atoms with van der Waals surface area (Å²) >= 11 is 1.63. The van der Waals surface area contributed by atoms with Crippen molar-refractivity contribution in [3.63, 3.8) is 0 Å². The molecule has 0 saturated carbocycles. The standard InChI is InChI=1S/C21H28N4O3S/c1-21(2,3)25-19(26)13-23-20(22-12-15-7-10-29-14-15)24-16-5-6-17-18(11-16)28-9-4-8-27-17/h5-7,10-11,14H,4,8-9,12-13H2,1-3H3,(H,25,26)(H2,22,23,24). The first-order valence-electron chi connectivity index (χ1n) is 9.66.